The van der Waals surface area contributed by atoms with E-state index in [1.807, 2.05) is 13.2 Å². The summed E-state index contributed by atoms with van der Waals surface area (Å²) in [5, 5.41) is 10.6. The second-order valence-corrected chi connectivity index (χ2v) is 6.59. The van der Waals surface area contributed by atoms with Crippen molar-refractivity contribution in [3.63, 3.8) is 0 Å². The highest BCUT2D eigenvalue weighted by atomic mass is 35.5. The van der Waals surface area contributed by atoms with Gasteiger partial charge in [0.15, 0.2) is 0 Å². The van der Waals surface area contributed by atoms with Crippen LogP contribution in [0.25, 0.3) is 0 Å². The van der Waals surface area contributed by atoms with Crippen molar-refractivity contribution in [1.29, 1.82) is 0 Å². The normalized spacial score (nSPS) is 21.7. The van der Waals surface area contributed by atoms with Gasteiger partial charge in [0, 0.05) is 42.8 Å². The number of halogens is 2. The van der Waals surface area contributed by atoms with Crippen LogP contribution in [0.1, 0.15) is 30.0 Å². The van der Waals surface area contributed by atoms with Gasteiger partial charge in [0.1, 0.15) is 5.82 Å². The summed E-state index contributed by atoms with van der Waals surface area (Å²) in [5.74, 6) is -0.687. The van der Waals surface area contributed by atoms with Gasteiger partial charge in [-0.25, -0.2) is 4.39 Å². The third kappa shape index (κ3) is 3.30. The molecule has 128 valence electrons. The highest BCUT2D eigenvalue weighted by molar-refractivity contribution is 6.31. The Hall–Kier alpha value is -1.92. The Kier molecular flexibility index (Phi) is 4.87. The molecule has 1 aromatic heterocycles. The molecule has 0 aliphatic carbocycles. The molecule has 1 fully saturated rings. The van der Waals surface area contributed by atoms with Gasteiger partial charge in [-0.15, -0.1) is 0 Å². The van der Waals surface area contributed by atoms with Gasteiger partial charge in [0.2, 0.25) is 5.91 Å². The number of carbonyl (C=O) groups is 1. The highest BCUT2D eigenvalue weighted by Crippen LogP contribution is 2.30. The van der Waals surface area contributed by atoms with Gasteiger partial charge in [-0.05, 0) is 24.6 Å². The van der Waals surface area contributed by atoms with Gasteiger partial charge in [0.05, 0.1) is 18.2 Å². The van der Waals surface area contributed by atoms with E-state index in [2.05, 4.69) is 15.7 Å². The molecule has 1 aliphatic heterocycles. The largest absolute Gasteiger partial charge is 0.349 e. The average molecular weight is 351 g/mol. The minimum atomic E-state index is -0.499. The molecule has 2 aromatic rings. The first kappa shape index (κ1) is 16.9. The van der Waals surface area contributed by atoms with Crippen LogP contribution in [0.2, 0.25) is 5.02 Å². The summed E-state index contributed by atoms with van der Waals surface area (Å²) in [5.41, 5.74) is 1.34. The van der Waals surface area contributed by atoms with E-state index >= 15 is 0 Å². The first-order valence-electron chi connectivity index (χ1n) is 7.91. The Morgan fingerprint density at radius 2 is 2.29 bits per heavy atom. The van der Waals surface area contributed by atoms with Crippen LogP contribution in [0.3, 0.4) is 0 Å². The maximum atomic E-state index is 14.0. The fourth-order valence-corrected chi connectivity index (χ4v) is 3.58. The van der Waals surface area contributed by atoms with E-state index in [4.69, 9.17) is 11.6 Å². The van der Waals surface area contributed by atoms with Crippen molar-refractivity contribution in [2.45, 2.75) is 18.9 Å². The predicted octanol–water partition coefficient (Wildman–Crippen LogP) is 2.39. The first-order chi connectivity index (χ1) is 11.5. The molecule has 3 atom stereocenters. The first-order valence-corrected chi connectivity index (χ1v) is 8.28. The summed E-state index contributed by atoms with van der Waals surface area (Å²) in [6.07, 6.45) is 3.71. The lowest BCUT2D eigenvalue weighted by molar-refractivity contribution is -0.125. The van der Waals surface area contributed by atoms with Crippen LogP contribution in [0.4, 0.5) is 4.39 Å². The van der Waals surface area contributed by atoms with Gasteiger partial charge in [-0.3, -0.25) is 9.48 Å². The van der Waals surface area contributed by atoms with Crippen LogP contribution in [-0.4, -0.2) is 28.8 Å². The number of aromatic nitrogens is 2. The number of carbonyl (C=O) groups excluding carboxylic acids is 1. The number of benzene rings is 1. The molecule has 1 aliphatic rings. The van der Waals surface area contributed by atoms with Crippen LogP contribution < -0.4 is 10.6 Å². The molecule has 1 saturated heterocycles. The number of rotatable bonds is 4. The third-order valence-electron chi connectivity index (χ3n) is 4.50. The van der Waals surface area contributed by atoms with Crippen molar-refractivity contribution in [3.8, 4) is 0 Å². The number of hydrogen-bond acceptors (Lipinski definition) is 3. The molecule has 1 aromatic carbocycles. The Bertz CT molecular complexity index is 728. The predicted molar refractivity (Wildman–Crippen MR) is 90.3 cm³/mol. The zero-order valence-corrected chi connectivity index (χ0v) is 14.3. The van der Waals surface area contributed by atoms with Gasteiger partial charge >= 0.3 is 0 Å². The Morgan fingerprint density at radius 1 is 1.50 bits per heavy atom. The molecule has 0 spiro atoms. The quantitative estimate of drug-likeness (QED) is 0.890. The second-order valence-electron chi connectivity index (χ2n) is 6.18. The van der Waals surface area contributed by atoms with E-state index < -0.39 is 11.9 Å². The summed E-state index contributed by atoms with van der Waals surface area (Å²) < 4.78 is 15.7. The maximum Gasteiger partial charge on any atom is 0.225 e. The van der Waals surface area contributed by atoms with E-state index in [-0.39, 0.29) is 17.7 Å². The molecule has 0 bridgehead atoms. The average Bonchev–Trinajstić information content (AvgIpc) is 3.15. The molecule has 24 heavy (non-hydrogen) atoms. The van der Waals surface area contributed by atoms with E-state index in [9.17, 15) is 9.18 Å². The van der Waals surface area contributed by atoms with E-state index in [1.54, 1.807) is 29.9 Å². The van der Waals surface area contributed by atoms with Crippen molar-refractivity contribution < 1.29 is 9.18 Å². The molecule has 1 amide bonds. The SMILES string of the molecule is CC(NC(=O)[C@H]1CNC[C@@H]1c1cnn(C)c1)c1c(F)cccc1Cl. The van der Waals surface area contributed by atoms with Crippen molar-refractivity contribution in [2.75, 3.05) is 13.1 Å². The number of nitrogens with one attached hydrogen (secondary N) is 2. The van der Waals surface area contributed by atoms with Crippen LogP contribution in [0, 0.1) is 11.7 Å². The van der Waals surface area contributed by atoms with Gasteiger partial charge in [0.25, 0.3) is 0 Å². The fraction of sp³-hybridized carbons (Fsp3) is 0.412. The Morgan fingerprint density at radius 3 is 2.96 bits per heavy atom. The zero-order chi connectivity index (χ0) is 17.3. The molecule has 3 rings (SSSR count). The molecule has 2 N–H and O–H groups in total. The van der Waals surface area contributed by atoms with Crippen molar-refractivity contribution >= 4 is 17.5 Å². The molecule has 7 heteroatoms. The lowest BCUT2D eigenvalue weighted by atomic mass is 9.90. The summed E-state index contributed by atoms with van der Waals surface area (Å²) in [6, 6.07) is 4.02. The minimum absolute atomic E-state index is 0.0574. The molecule has 5 nitrogen and oxygen atoms in total. The third-order valence-corrected chi connectivity index (χ3v) is 4.83. The lowest BCUT2D eigenvalue weighted by Gasteiger charge is -2.21. The molecule has 1 unspecified atom stereocenters. The van der Waals surface area contributed by atoms with Gasteiger partial charge in [-0.2, -0.15) is 5.10 Å². The minimum Gasteiger partial charge on any atom is -0.349 e. The number of aryl methyl sites for hydroxylation is 1. The summed E-state index contributed by atoms with van der Waals surface area (Å²) in [4.78, 5) is 12.7. The number of hydrogen-bond donors (Lipinski definition) is 2. The van der Waals surface area contributed by atoms with Crippen LogP contribution >= 0.6 is 11.6 Å². The monoisotopic (exact) mass is 350 g/mol. The van der Waals surface area contributed by atoms with Gasteiger partial charge in [-0.1, -0.05) is 17.7 Å². The van der Waals surface area contributed by atoms with Crippen molar-refractivity contribution in [3.05, 3.63) is 52.6 Å². The molecular weight excluding hydrogens is 331 g/mol. The topological polar surface area (TPSA) is 59.0 Å². The molecule has 0 radical (unpaired) electrons. The van der Waals surface area contributed by atoms with Crippen molar-refractivity contribution in [2.24, 2.45) is 13.0 Å². The number of nitrogens with zero attached hydrogens (tertiary/aromatic N) is 2. The smallest absolute Gasteiger partial charge is 0.225 e. The van der Waals surface area contributed by atoms with Crippen molar-refractivity contribution in [1.82, 2.24) is 20.4 Å². The van der Waals surface area contributed by atoms with Gasteiger partial charge < -0.3 is 10.6 Å². The lowest BCUT2D eigenvalue weighted by Crippen LogP contribution is -2.36. The summed E-state index contributed by atoms with van der Waals surface area (Å²) in [7, 11) is 1.85. The van der Waals surface area contributed by atoms with Crippen LogP contribution in [-0.2, 0) is 11.8 Å². The van der Waals surface area contributed by atoms with E-state index in [0.717, 1.165) is 12.1 Å². The Balaban J connectivity index is 1.74. The summed E-state index contributed by atoms with van der Waals surface area (Å²) in [6.45, 7) is 3.05. The summed E-state index contributed by atoms with van der Waals surface area (Å²) >= 11 is 6.08. The van der Waals surface area contributed by atoms with E-state index in [1.165, 1.54) is 6.07 Å². The fourth-order valence-electron chi connectivity index (χ4n) is 3.25. The van der Waals surface area contributed by atoms with Crippen LogP contribution in [0.5, 0.6) is 0 Å². The number of amides is 1. The molecule has 2 heterocycles. The highest BCUT2D eigenvalue weighted by Gasteiger charge is 2.35. The standard InChI is InChI=1S/C17H20ClFN4O/c1-10(16-14(18)4-3-5-15(16)19)22-17(24)13-8-20-7-12(13)11-6-21-23(2)9-11/h3-6,9-10,12-13,20H,7-8H2,1-2H3,(H,22,24)/t10?,12-,13+/m1/s1. The van der Waals surface area contributed by atoms with Crippen LogP contribution in [0.15, 0.2) is 30.6 Å². The second kappa shape index (κ2) is 6.91. The Labute approximate surface area is 145 Å². The molecular formula is C17H20ClFN4O. The maximum absolute atomic E-state index is 14.0. The zero-order valence-electron chi connectivity index (χ0n) is 13.6. The van der Waals surface area contributed by atoms with E-state index in [0.29, 0.717) is 17.1 Å². The molecule has 0 saturated carbocycles.